The van der Waals surface area contributed by atoms with Crippen LogP contribution in [0.15, 0.2) is 18.2 Å². The fourth-order valence-electron chi connectivity index (χ4n) is 2.51. The van der Waals surface area contributed by atoms with E-state index < -0.39 is 11.6 Å². The molecule has 0 radical (unpaired) electrons. The van der Waals surface area contributed by atoms with Crippen molar-refractivity contribution in [2.75, 3.05) is 13.1 Å². The van der Waals surface area contributed by atoms with E-state index in [0.717, 1.165) is 31.5 Å². The van der Waals surface area contributed by atoms with Crippen LogP contribution in [0.25, 0.3) is 0 Å². The number of carbonyl (C=O) groups is 1. The van der Waals surface area contributed by atoms with Crippen LogP contribution >= 0.6 is 0 Å². The number of nitrogens with one attached hydrogen (secondary N) is 1. The summed E-state index contributed by atoms with van der Waals surface area (Å²) < 4.78 is 26.1. The maximum atomic E-state index is 13.2. The molecular formula is C15H20F2N2O. The van der Waals surface area contributed by atoms with Gasteiger partial charge in [-0.05, 0) is 44.0 Å². The summed E-state index contributed by atoms with van der Waals surface area (Å²) in [6.07, 6.45) is 2.60. The highest BCUT2D eigenvalue weighted by atomic mass is 19.2. The fraction of sp³-hybridized carbons (Fsp3) is 0.533. The number of halogens is 2. The Kier molecular flexibility index (Phi) is 5.06. The summed E-state index contributed by atoms with van der Waals surface area (Å²) in [6, 6.07) is 4.02. The van der Waals surface area contributed by atoms with E-state index in [1.54, 1.807) is 4.90 Å². The Morgan fingerprint density at radius 3 is 2.80 bits per heavy atom. The number of benzene rings is 1. The lowest BCUT2D eigenvalue weighted by Crippen LogP contribution is -2.35. The maximum absolute atomic E-state index is 13.2. The first kappa shape index (κ1) is 14.9. The molecule has 1 saturated heterocycles. The molecule has 3 nitrogen and oxygen atoms in total. The minimum Gasteiger partial charge on any atom is -0.339 e. The Morgan fingerprint density at radius 2 is 2.20 bits per heavy atom. The van der Waals surface area contributed by atoms with E-state index in [-0.39, 0.29) is 11.9 Å². The first-order valence-electron chi connectivity index (χ1n) is 7.05. The number of hydrogen-bond donors (Lipinski definition) is 1. The van der Waals surface area contributed by atoms with Gasteiger partial charge in [-0.1, -0.05) is 6.07 Å². The molecule has 1 heterocycles. The molecule has 5 heteroatoms. The van der Waals surface area contributed by atoms with Crippen molar-refractivity contribution >= 4 is 5.91 Å². The highest BCUT2D eigenvalue weighted by Crippen LogP contribution is 2.14. The molecule has 0 aliphatic carbocycles. The van der Waals surface area contributed by atoms with Crippen LogP contribution in [0.4, 0.5) is 8.78 Å². The number of carbonyl (C=O) groups excluding carboxylic acids is 1. The first-order valence-corrected chi connectivity index (χ1v) is 7.05. The first-order chi connectivity index (χ1) is 9.60. The van der Waals surface area contributed by atoms with Crippen molar-refractivity contribution in [3.8, 4) is 0 Å². The smallest absolute Gasteiger partial charge is 0.224 e. The predicted octanol–water partition coefficient (Wildman–Crippen LogP) is 2.46. The van der Waals surface area contributed by atoms with Crippen molar-refractivity contribution in [1.29, 1.82) is 0 Å². The van der Waals surface area contributed by atoms with Gasteiger partial charge in [-0.3, -0.25) is 4.79 Å². The Balaban J connectivity index is 1.96. The average Bonchev–Trinajstić information content (AvgIpc) is 2.92. The minimum atomic E-state index is -0.872. The zero-order valence-corrected chi connectivity index (χ0v) is 11.7. The molecular weight excluding hydrogens is 262 g/mol. The molecule has 0 saturated carbocycles. The number of amides is 1. The maximum Gasteiger partial charge on any atom is 0.224 e. The molecule has 20 heavy (non-hydrogen) atoms. The molecule has 1 aliphatic rings. The van der Waals surface area contributed by atoms with Crippen LogP contribution in [0.5, 0.6) is 0 Å². The third kappa shape index (κ3) is 3.76. The van der Waals surface area contributed by atoms with Gasteiger partial charge in [0.25, 0.3) is 0 Å². The fourth-order valence-corrected chi connectivity index (χ4v) is 2.51. The van der Waals surface area contributed by atoms with Gasteiger partial charge in [-0.15, -0.1) is 0 Å². The highest BCUT2D eigenvalue weighted by molar-refractivity contribution is 5.76. The molecule has 1 fully saturated rings. The summed E-state index contributed by atoms with van der Waals surface area (Å²) in [5.74, 6) is -1.68. The van der Waals surface area contributed by atoms with Crippen molar-refractivity contribution < 1.29 is 13.6 Å². The van der Waals surface area contributed by atoms with Gasteiger partial charge in [0.05, 0.1) is 0 Å². The molecule has 1 aliphatic heterocycles. The molecule has 110 valence electrons. The zero-order valence-electron chi connectivity index (χ0n) is 11.7. The van der Waals surface area contributed by atoms with E-state index in [4.69, 9.17) is 0 Å². The second-order valence-electron chi connectivity index (χ2n) is 5.15. The van der Waals surface area contributed by atoms with Gasteiger partial charge in [0, 0.05) is 25.6 Å². The van der Waals surface area contributed by atoms with Crippen LogP contribution in [0.1, 0.15) is 31.7 Å². The molecule has 1 aromatic rings. The van der Waals surface area contributed by atoms with Gasteiger partial charge in [0.2, 0.25) is 5.91 Å². The molecule has 1 unspecified atom stereocenters. The van der Waals surface area contributed by atoms with Crippen LogP contribution in [0, 0.1) is 11.6 Å². The largest absolute Gasteiger partial charge is 0.339 e. The highest BCUT2D eigenvalue weighted by Gasteiger charge is 2.21. The van der Waals surface area contributed by atoms with Crippen molar-refractivity contribution in [3.63, 3.8) is 0 Å². The summed E-state index contributed by atoms with van der Waals surface area (Å²) in [4.78, 5) is 13.9. The van der Waals surface area contributed by atoms with Gasteiger partial charge < -0.3 is 10.2 Å². The molecule has 1 atom stereocenters. The van der Waals surface area contributed by atoms with Crippen LogP contribution in [0.2, 0.25) is 0 Å². The van der Waals surface area contributed by atoms with E-state index in [2.05, 4.69) is 5.32 Å². The van der Waals surface area contributed by atoms with Crippen LogP contribution in [0.3, 0.4) is 0 Å². The van der Waals surface area contributed by atoms with E-state index in [0.29, 0.717) is 25.1 Å². The topological polar surface area (TPSA) is 32.3 Å². The lowest BCUT2D eigenvalue weighted by molar-refractivity contribution is -0.132. The lowest BCUT2D eigenvalue weighted by atomic mass is 10.1. The summed E-state index contributed by atoms with van der Waals surface area (Å²) in [7, 11) is 0. The quantitative estimate of drug-likeness (QED) is 0.899. The predicted molar refractivity (Wildman–Crippen MR) is 73.1 cm³/mol. The molecule has 0 bridgehead atoms. The van der Waals surface area contributed by atoms with Crippen LogP contribution in [-0.4, -0.2) is 29.9 Å². The third-order valence-corrected chi connectivity index (χ3v) is 3.68. The van der Waals surface area contributed by atoms with Gasteiger partial charge >= 0.3 is 0 Å². The number of nitrogens with zero attached hydrogens (tertiary/aromatic N) is 1. The van der Waals surface area contributed by atoms with E-state index >= 15 is 0 Å². The number of hydrogen-bond acceptors (Lipinski definition) is 2. The van der Waals surface area contributed by atoms with Gasteiger partial charge in [-0.2, -0.15) is 0 Å². The SMILES string of the molecule is CCN(Cc1ccc(F)c(F)c1)C(=O)CC1CCCN1. The summed E-state index contributed by atoms with van der Waals surface area (Å²) >= 11 is 0. The average molecular weight is 282 g/mol. The van der Waals surface area contributed by atoms with Gasteiger partial charge in [-0.25, -0.2) is 8.78 Å². The molecule has 1 amide bonds. The van der Waals surface area contributed by atoms with E-state index in [1.807, 2.05) is 6.92 Å². The van der Waals surface area contributed by atoms with Crippen molar-refractivity contribution in [3.05, 3.63) is 35.4 Å². The lowest BCUT2D eigenvalue weighted by Gasteiger charge is -2.23. The summed E-state index contributed by atoms with van der Waals surface area (Å²) in [5.41, 5.74) is 0.610. The molecule has 0 spiro atoms. The number of rotatable bonds is 5. The Bertz CT molecular complexity index is 473. The molecule has 0 aromatic heterocycles. The van der Waals surface area contributed by atoms with Crippen LogP contribution < -0.4 is 5.32 Å². The zero-order chi connectivity index (χ0) is 14.5. The molecule has 2 rings (SSSR count). The second kappa shape index (κ2) is 6.79. The molecule has 1 aromatic carbocycles. The van der Waals surface area contributed by atoms with Crippen LogP contribution in [-0.2, 0) is 11.3 Å². The third-order valence-electron chi connectivity index (χ3n) is 3.68. The van der Waals surface area contributed by atoms with E-state index in [1.165, 1.54) is 6.07 Å². The Labute approximate surface area is 118 Å². The molecule has 1 N–H and O–H groups in total. The Hall–Kier alpha value is -1.49. The standard InChI is InChI=1S/C15H20F2N2O/c1-2-19(15(20)9-12-4-3-7-18-12)10-11-5-6-13(16)14(17)8-11/h5-6,8,12,18H,2-4,7,9-10H2,1H3. The minimum absolute atomic E-state index is 0.0524. The summed E-state index contributed by atoms with van der Waals surface area (Å²) in [6.45, 7) is 3.73. The Morgan fingerprint density at radius 1 is 1.40 bits per heavy atom. The summed E-state index contributed by atoms with van der Waals surface area (Å²) in [5, 5.41) is 3.29. The second-order valence-corrected chi connectivity index (χ2v) is 5.15. The monoisotopic (exact) mass is 282 g/mol. The van der Waals surface area contributed by atoms with Crippen molar-refractivity contribution in [1.82, 2.24) is 10.2 Å². The van der Waals surface area contributed by atoms with Gasteiger partial charge in [0.1, 0.15) is 0 Å². The van der Waals surface area contributed by atoms with Gasteiger partial charge in [0.15, 0.2) is 11.6 Å². The van der Waals surface area contributed by atoms with E-state index in [9.17, 15) is 13.6 Å². The van der Waals surface area contributed by atoms with Crippen molar-refractivity contribution in [2.24, 2.45) is 0 Å². The normalized spacial score (nSPS) is 18.2. The van der Waals surface area contributed by atoms with Crippen molar-refractivity contribution in [2.45, 2.75) is 38.8 Å².